The van der Waals surface area contributed by atoms with Crippen LogP contribution in [0.2, 0.25) is 0 Å². The number of hydrogen-bond donors (Lipinski definition) is 2. The van der Waals surface area contributed by atoms with Crippen LogP contribution in [0.1, 0.15) is 0 Å². The van der Waals surface area contributed by atoms with Gasteiger partial charge in [-0.05, 0) is 37.9 Å². The molecule has 1 aromatic rings. The van der Waals surface area contributed by atoms with E-state index in [2.05, 4.69) is 41.9 Å². The van der Waals surface area contributed by atoms with Crippen molar-refractivity contribution in [2.24, 2.45) is 0 Å². The number of benzene rings is 1. The number of halogens is 4. The molecular formula is C14H12Br2F2N2O4. The third-order valence-corrected chi connectivity index (χ3v) is 4.69. The molecule has 10 heteroatoms. The number of rotatable bonds is 5. The molecular weight excluding hydrogens is 458 g/mol. The van der Waals surface area contributed by atoms with Crippen molar-refractivity contribution < 1.29 is 28.2 Å². The molecule has 2 N–H and O–H groups in total. The highest BCUT2D eigenvalue weighted by Gasteiger charge is 2.35. The Morgan fingerprint density at radius 2 is 2.12 bits per heavy atom. The average Bonchev–Trinajstić information content (AvgIpc) is 2.85. The van der Waals surface area contributed by atoms with Crippen molar-refractivity contribution in [1.82, 2.24) is 4.90 Å². The number of aliphatic hydroxyl groups is 1. The topological polar surface area (TPSA) is 78.9 Å². The molecule has 6 nitrogen and oxygen atoms in total. The number of carbonyl (C=O) groups is 2. The molecule has 1 aromatic carbocycles. The number of esters is 1. The lowest BCUT2D eigenvalue weighted by Gasteiger charge is -2.16. The highest BCUT2D eigenvalue weighted by atomic mass is 79.9. The zero-order chi connectivity index (χ0) is 18.0. The quantitative estimate of drug-likeness (QED) is 0.392. The van der Waals surface area contributed by atoms with Gasteiger partial charge in [-0.2, -0.15) is 0 Å². The van der Waals surface area contributed by atoms with E-state index >= 15 is 0 Å². The van der Waals surface area contributed by atoms with Crippen LogP contribution in [0, 0.1) is 11.6 Å². The standard InChI is InChI=1S/C14H12Br2F2N2O4/c1-24-14(23)6-5-20(2-3-21)13(22)11(6)19-12-7(15)4-8(17)10(18)9(12)16/h4,19,21H,2-3,5H2,1H3. The Hall–Kier alpha value is -1.52. The van der Waals surface area contributed by atoms with Gasteiger partial charge in [0.15, 0.2) is 11.6 Å². The lowest BCUT2D eigenvalue weighted by Crippen LogP contribution is -2.31. The fraction of sp³-hybridized carbons (Fsp3) is 0.286. The maximum Gasteiger partial charge on any atom is 0.337 e. The molecule has 24 heavy (non-hydrogen) atoms. The highest BCUT2D eigenvalue weighted by Crippen LogP contribution is 2.37. The molecule has 0 unspecified atom stereocenters. The first-order chi connectivity index (χ1) is 11.3. The first-order valence-electron chi connectivity index (χ1n) is 6.63. The average molecular weight is 470 g/mol. The van der Waals surface area contributed by atoms with Crippen molar-refractivity contribution in [3.63, 3.8) is 0 Å². The number of methoxy groups -OCH3 is 1. The SMILES string of the molecule is COC(=O)C1=C(Nc2c(Br)cc(F)c(F)c2Br)C(=O)N(CCO)C1. The van der Waals surface area contributed by atoms with Crippen molar-refractivity contribution in [3.05, 3.63) is 37.9 Å². The minimum Gasteiger partial charge on any atom is -0.466 e. The van der Waals surface area contributed by atoms with Gasteiger partial charge in [0.1, 0.15) is 5.70 Å². The Kier molecular flexibility index (Phi) is 5.94. The van der Waals surface area contributed by atoms with Crippen LogP contribution in [0.4, 0.5) is 14.5 Å². The Morgan fingerprint density at radius 3 is 2.71 bits per heavy atom. The summed E-state index contributed by atoms with van der Waals surface area (Å²) in [4.78, 5) is 25.5. The van der Waals surface area contributed by atoms with E-state index in [9.17, 15) is 18.4 Å². The highest BCUT2D eigenvalue weighted by molar-refractivity contribution is 9.11. The van der Waals surface area contributed by atoms with E-state index in [0.29, 0.717) is 0 Å². The second kappa shape index (κ2) is 7.58. The Labute approximate surface area is 152 Å². The van der Waals surface area contributed by atoms with Crippen LogP contribution in [0.3, 0.4) is 0 Å². The molecule has 1 heterocycles. The van der Waals surface area contributed by atoms with Gasteiger partial charge in [-0.3, -0.25) is 4.79 Å². The van der Waals surface area contributed by atoms with Crippen LogP contribution in [0.15, 0.2) is 26.3 Å². The second-order valence-electron chi connectivity index (χ2n) is 4.76. The van der Waals surface area contributed by atoms with Crippen LogP contribution in [-0.4, -0.2) is 48.7 Å². The largest absolute Gasteiger partial charge is 0.466 e. The van der Waals surface area contributed by atoms with Crippen LogP contribution in [0.25, 0.3) is 0 Å². The number of anilines is 1. The summed E-state index contributed by atoms with van der Waals surface area (Å²) in [6.45, 7) is -0.329. The van der Waals surface area contributed by atoms with E-state index in [1.165, 1.54) is 4.90 Å². The summed E-state index contributed by atoms with van der Waals surface area (Å²) in [6.07, 6.45) is 0. The molecule has 0 bridgehead atoms. The monoisotopic (exact) mass is 468 g/mol. The van der Waals surface area contributed by atoms with E-state index in [4.69, 9.17) is 5.11 Å². The number of hydrogen-bond acceptors (Lipinski definition) is 5. The van der Waals surface area contributed by atoms with Gasteiger partial charge in [-0.15, -0.1) is 0 Å². The molecule has 1 aliphatic rings. The second-order valence-corrected chi connectivity index (χ2v) is 6.41. The third-order valence-electron chi connectivity index (χ3n) is 3.32. The molecule has 130 valence electrons. The molecule has 0 spiro atoms. The minimum absolute atomic E-state index is 0.0185. The van der Waals surface area contributed by atoms with Gasteiger partial charge in [-0.1, -0.05) is 0 Å². The number of aliphatic hydroxyl groups excluding tert-OH is 1. The van der Waals surface area contributed by atoms with Gasteiger partial charge >= 0.3 is 5.97 Å². The summed E-state index contributed by atoms with van der Waals surface area (Å²) in [5.41, 5.74) is -0.0494. The molecule has 0 radical (unpaired) electrons. The minimum atomic E-state index is -1.14. The number of amides is 1. The summed E-state index contributed by atoms with van der Waals surface area (Å²) in [7, 11) is 1.16. The molecule has 1 amide bonds. The lowest BCUT2D eigenvalue weighted by atomic mass is 10.2. The summed E-state index contributed by atoms with van der Waals surface area (Å²) in [6, 6.07) is 0.895. The van der Waals surface area contributed by atoms with Crippen LogP contribution >= 0.6 is 31.9 Å². The number of ether oxygens (including phenoxy) is 1. The van der Waals surface area contributed by atoms with Crippen LogP contribution < -0.4 is 5.32 Å². The van der Waals surface area contributed by atoms with Crippen molar-refractivity contribution in [1.29, 1.82) is 0 Å². The van der Waals surface area contributed by atoms with Gasteiger partial charge in [-0.25, -0.2) is 13.6 Å². The summed E-state index contributed by atoms with van der Waals surface area (Å²) in [5.74, 6) is -3.52. The number of nitrogens with zero attached hydrogens (tertiary/aromatic N) is 1. The fourth-order valence-corrected chi connectivity index (χ4v) is 3.42. The fourth-order valence-electron chi connectivity index (χ4n) is 2.15. The predicted molar refractivity (Wildman–Crippen MR) is 88.1 cm³/mol. The van der Waals surface area contributed by atoms with Gasteiger partial charge in [0.2, 0.25) is 0 Å². The third kappa shape index (κ3) is 3.45. The molecule has 2 rings (SSSR count). The molecule has 0 atom stereocenters. The maximum atomic E-state index is 13.7. The zero-order valence-electron chi connectivity index (χ0n) is 12.3. The molecule has 0 fully saturated rings. The molecule has 0 saturated heterocycles. The Morgan fingerprint density at radius 1 is 1.46 bits per heavy atom. The van der Waals surface area contributed by atoms with Crippen molar-refractivity contribution in [2.45, 2.75) is 0 Å². The van der Waals surface area contributed by atoms with Crippen molar-refractivity contribution >= 4 is 49.4 Å². The Balaban J connectivity index is 2.47. The van der Waals surface area contributed by atoms with Crippen molar-refractivity contribution in [3.8, 4) is 0 Å². The number of β-amino-alcohol motifs (C(OH)–C–C–N with tert-alkyl or cyclic N) is 1. The molecule has 0 saturated carbocycles. The molecule has 1 aliphatic heterocycles. The predicted octanol–water partition coefficient (Wildman–Crippen LogP) is 2.16. The van der Waals surface area contributed by atoms with E-state index in [-0.39, 0.29) is 45.6 Å². The Bertz CT molecular complexity index is 740. The van der Waals surface area contributed by atoms with E-state index in [1.54, 1.807) is 0 Å². The summed E-state index contributed by atoms with van der Waals surface area (Å²) in [5, 5.41) is 11.7. The molecule has 0 aromatic heterocycles. The van der Waals surface area contributed by atoms with Gasteiger partial charge in [0.05, 0.1) is 36.0 Å². The van der Waals surface area contributed by atoms with E-state index in [0.717, 1.165) is 13.2 Å². The van der Waals surface area contributed by atoms with Crippen molar-refractivity contribution in [2.75, 3.05) is 32.1 Å². The normalized spacial score (nSPS) is 14.4. The zero-order valence-corrected chi connectivity index (χ0v) is 15.5. The first kappa shape index (κ1) is 18.8. The maximum absolute atomic E-state index is 13.7. The number of nitrogens with one attached hydrogen (secondary N) is 1. The summed E-state index contributed by atoms with van der Waals surface area (Å²) < 4.78 is 31.7. The van der Waals surface area contributed by atoms with Crippen LogP contribution in [0.5, 0.6) is 0 Å². The smallest absolute Gasteiger partial charge is 0.337 e. The number of carbonyl (C=O) groups excluding carboxylic acids is 2. The van der Waals surface area contributed by atoms with Gasteiger partial charge < -0.3 is 20.1 Å². The van der Waals surface area contributed by atoms with E-state index in [1.807, 2.05) is 0 Å². The van der Waals surface area contributed by atoms with E-state index < -0.39 is 23.5 Å². The van der Waals surface area contributed by atoms with Gasteiger partial charge in [0, 0.05) is 11.0 Å². The summed E-state index contributed by atoms with van der Waals surface area (Å²) >= 11 is 5.99. The molecule has 0 aliphatic carbocycles. The first-order valence-corrected chi connectivity index (χ1v) is 8.22. The van der Waals surface area contributed by atoms with Gasteiger partial charge in [0.25, 0.3) is 5.91 Å². The van der Waals surface area contributed by atoms with Crippen LogP contribution in [-0.2, 0) is 14.3 Å². The lowest BCUT2D eigenvalue weighted by molar-refractivity contribution is -0.136.